The van der Waals surface area contributed by atoms with Crippen LogP contribution < -0.4 is 21.6 Å². The molecule has 1 aliphatic heterocycles. The Bertz CT molecular complexity index is 1280. The third kappa shape index (κ3) is 3.63. The molecule has 11 heteroatoms. The Morgan fingerprint density at radius 3 is 2.59 bits per heavy atom. The zero-order chi connectivity index (χ0) is 23.0. The maximum Gasteiger partial charge on any atom is 0.349 e. The first-order chi connectivity index (χ1) is 15.3. The van der Waals surface area contributed by atoms with Crippen LogP contribution in [0.4, 0.5) is 10.5 Å². The second-order valence-corrected chi connectivity index (χ2v) is 8.20. The lowest BCUT2D eigenvalue weighted by Gasteiger charge is -2.30. The van der Waals surface area contributed by atoms with Crippen molar-refractivity contribution in [1.29, 1.82) is 0 Å². The zero-order valence-corrected chi connectivity index (χ0v) is 17.9. The van der Waals surface area contributed by atoms with E-state index >= 15 is 0 Å². The minimum Gasteiger partial charge on any atom is -0.287 e. The first kappa shape index (κ1) is 21.3. The van der Waals surface area contributed by atoms with Crippen LogP contribution in [-0.4, -0.2) is 34.3 Å². The van der Waals surface area contributed by atoms with E-state index in [1.165, 1.54) is 11.3 Å². The monoisotopic (exact) mass is 450 g/mol. The number of carbonyl (C=O) groups is 4. The summed E-state index contributed by atoms with van der Waals surface area (Å²) in [4.78, 5) is 56.6. The number of rotatable bonds is 3. The maximum absolute atomic E-state index is 13.4. The molecule has 1 fully saturated rings. The molecule has 0 saturated carbocycles. The van der Waals surface area contributed by atoms with Gasteiger partial charge in [-0.05, 0) is 43.2 Å². The minimum atomic E-state index is -1.35. The number of para-hydroxylation sites is 1. The number of hydrazone groups is 1. The fourth-order valence-electron chi connectivity index (χ4n) is 3.37. The van der Waals surface area contributed by atoms with Gasteiger partial charge in [0.15, 0.2) is 0 Å². The number of carbonyl (C=O) groups excluding carboxylic acids is 4. The van der Waals surface area contributed by atoms with Gasteiger partial charge in [-0.1, -0.05) is 24.3 Å². The number of nitrogens with two attached hydrogens (primary N) is 1. The maximum atomic E-state index is 13.4. The van der Waals surface area contributed by atoms with Gasteiger partial charge in [-0.15, -0.1) is 11.3 Å². The number of piperidine rings is 1. The molecule has 1 atom stereocenters. The molecular weight excluding hydrogens is 432 g/mol. The summed E-state index contributed by atoms with van der Waals surface area (Å²) in [5.74, 6) is 1.01. The van der Waals surface area contributed by atoms with Gasteiger partial charge in [-0.25, -0.2) is 25.9 Å². The van der Waals surface area contributed by atoms with Crippen LogP contribution in [0.25, 0.3) is 10.2 Å². The van der Waals surface area contributed by atoms with Crippen LogP contribution in [0.3, 0.4) is 0 Å². The van der Waals surface area contributed by atoms with Crippen molar-refractivity contribution < 1.29 is 19.2 Å². The number of amides is 4. The summed E-state index contributed by atoms with van der Waals surface area (Å²) in [5.41, 5.74) is 5.87. The SMILES string of the molecule is Cc1ccc(C)c(N2C(=O)C(=O)[C@@H](c3nc4ccccc4s3)/C(=N\NC(=O)NN)C2=O)c1. The zero-order valence-electron chi connectivity index (χ0n) is 17.1. The minimum absolute atomic E-state index is 0.229. The number of imide groups is 1. The van der Waals surface area contributed by atoms with Crippen molar-refractivity contribution in [2.24, 2.45) is 10.9 Å². The molecule has 1 aliphatic rings. The number of hydrazine groups is 1. The number of anilines is 1. The van der Waals surface area contributed by atoms with Crippen molar-refractivity contribution in [3.63, 3.8) is 0 Å². The van der Waals surface area contributed by atoms with E-state index in [1.54, 1.807) is 38.1 Å². The van der Waals surface area contributed by atoms with Crippen molar-refractivity contribution in [2.45, 2.75) is 19.8 Å². The Labute approximate surface area is 186 Å². The van der Waals surface area contributed by atoms with Crippen LogP contribution in [0.2, 0.25) is 0 Å². The Morgan fingerprint density at radius 1 is 1.12 bits per heavy atom. The van der Waals surface area contributed by atoms with Gasteiger partial charge in [0.05, 0.1) is 15.9 Å². The molecule has 0 aliphatic carbocycles. The summed E-state index contributed by atoms with van der Waals surface area (Å²) in [6.07, 6.45) is 0. The molecule has 0 unspecified atom stereocenters. The van der Waals surface area contributed by atoms with Crippen molar-refractivity contribution in [3.05, 3.63) is 58.6 Å². The van der Waals surface area contributed by atoms with Crippen molar-refractivity contribution in [3.8, 4) is 0 Å². The second kappa shape index (κ2) is 8.29. The molecule has 0 spiro atoms. The molecule has 2 aromatic carbocycles. The molecular formula is C21H18N6O4S. The number of aryl methyl sites for hydroxylation is 2. The van der Waals surface area contributed by atoms with Crippen molar-refractivity contribution in [1.82, 2.24) is 15.8 Å². The van der Waals surface area contributed by atoms with Gasteiger partial charge < -0.3 is 0 Å². The van der Waals surface area contributed by atoms with E-state index in [0.717, 1.165) is 15.2 Å². The standard InChI is InChI=1S/C21H18N6O4S/c1-10-7-8-11(2)13(9-10)27-19(29)16(25-26-21(31)24-22)15(17(28)20(27)30)18-23-12-5-3-4-6-14(12)32-18/h3-9,15H,22H2,1-2H3,(H2,24,26,31)/b25-16+/t15-/m0/s1. The average Bonchev–Trinajstić information content (AvgIpc) is 3.21. The lowest BCUT2D eigenvalue weighted by atomic mass is 9.91. The normalized spacial score (nSPS) is 17.8. The fourth-order valence-corrected chi connectivity index (χ4v) is 4.44. The number of hydrogen-bond acceptors (Lipinski definition) is 8. The van der Waals surface area contributed by atoms with Gasteiger partial charge in [0.1, 0.15) is 16.6 Å². The molecule has 10 nitrogen and oxygen atoms in total. The van der Waals surface area contributed by atoms with Crippen molar-refractivity contribution in [2.75, 3.05) is 4.90 Å². The Morgan fingerprint density at radius 2 is 1.88 bits per heavy atom. The van der Waals surface area contributed by atoms with Gasteiger partial charge in [0, 0.05) is 0 Å². The topological polar surface area (TPSA) is 147 Å². The molecule has 1 aromatic heterocycles. The highest BCUT2D eigenvalue weighted by molar-refractivity contribution is 7.19. The number of nitrogens with one attached hydrogen (secondary N) is 2. The van der Waals surface area contributed by atoms with E-state index in [1.807, 2.05) is 23.6 Å². The number of benzene rings is 2. The van der Waals surface area contributed by atoms with Gasteiger partial charge >= 0.3 is 11.9 Å². The number of ketones is 1. The largest absolute Gasteiger partial charge is 0.349 e. The molecule has 0 radical (unpaired) electrons. The highest BCUT2D eigenvalue weighted by Crippen LogP contribution is 2.34. The van der Waals surface area contributed by atoms with Crippen LogP contribution in [0, 0.1) is 13.8 Å². The van der Waals surface area contributed by atoms with E-state index in [2.05, 4.69) is 15.5 Å². The predicted molar refractivity (Wildman–Crippen MR) is 119 cm³/mol. The molecule has 4 rings (SSSR count). The lowest BCUT2D eigenvalue weighted by Crippen LogP contribution is -2.55. The summed E-state index contributed by atoms with van der Waals surface area (Å²) in [6.45, 7) is 3.52. The van der Waals surface area contributed by atoms with E-state index < -0.39 is 29.5 Å². The van der Waals surface area contributed by atoms with Gasteiger partial charge in [0.2, 0.25) is 5.78 Å². The van der Waals surface area contributed by atoms with Crippen LogP contribution >= 0.6 is 11.3 Å². The first-order valence-corrected chi connectivity index (χ1v) is 10.3. The Balaban J connectivity index is 1.86. The summed E-state index contributed by atoms with van der Waals surface area (Å²) >= 11 is 1.17. The van der Waals surface area contributed by atoms with Crippen LogP contribution in [0.5, 0.6) is 0 Å². The van der Waals surface area contributed by atoms with Crippen LogP contribution in [0.15, 0.2) is 47.6 Å². The molecule has 4 N–H and O–H groups in total. The number of thiazole rings is 1. The Hall–Kier alpha value is -3.96. The Kier molecular flexibility index (Phi) is 5.51. The first-order valence-electron chi connectivity index (χ1n) is 9.51. The van der Waals surface area contributed by atoms with E-state index in [0.29, 0.717) is 11.1 Å². The van der Waals surface area contributed by atoms with Crippen LogP contribution in [0.1, 0.15) is 22.1 Å². The molecule has 32 heavy (non-hydrogen) atoms. The fraction of sp³-hybridized carbons (Fsp3) is 0.143. The number of nitrogens with zero attached hydrogens (tertiary/aromatic N) is 3. The smallest absolute Gasteiger partial charge is 0.287 e. The second-order valence-electron chi connectivity index (χ2n) is 7.14. The van der Waals surface area contributed by atoms with Crippen LogP contribution in [-0.2, 0) is 14.4 Å². The third-order valence-corrected chi connectivity index (χ3v) is 6.04. The predicted octanol–water partition coefficient (Wildman–Crippen LogP) is 1.67. The molecule has 1 saturated heterocycles. The van der Waals surface area contributed by atoms with E-state index in [-0.39, 0.29) is 16.4 Å². The number of aromatic nitrogens is 1. The van der Waals surface area contributed by atoms with Gasteiger partial charge in [-0.2, -0.15) is 5.10 Å². The number of hydrogen-bond donors (Lipinski definition) is 3. The highest BCUT2D eigenvalue weighted by atomic mass is 32.1. The molecule has 4 amide bonds. The van der Waals surface area contributed by atoms with E-state index in [4.69, 9.17) is 5.84 Å². The highest BCUT2D eigenvalue weighted by Gasteiger charge is 2.48. The molecule has 0 bridgehead atoms. The van der Waals surface area contributed by atoms with Gasteiger partial charge in [0.25, 0.3) is 5.91 Å². The summed E-state index contributed by atoms with van der Waals surface area (Å²) in [5, 5.41) is 4.08. The van der Waals surface area contributed by atoms with Crippen molar-refractivity contribution >= 4 is 56.6 Å². The number of Topliss-reactive ketones (excluding diaryl/α,β-unsaturated/α-hetero) is 1. The summed E-state index contributed by atoms with van der Waals surface area (Å²) < 4.78 is 0.777. The van der Waals surface area contributed by atoms with E-state index in [9.17, 15) is 19.2 Å². The lowest BCUT2D eigenvalue weighted by molar-refractivity contribution is -0.139. The number of urea groups is 1. The average molecular weight is 450 g/mol. The van der Waals surface area contributed by atoms with Gasteiger partial charge in [-0.3, -0.25) is 19.8 Å². The summed E-state index contributed by atoms with van der Waals surface area (Å²) in [6, 6.07) is 11.5. The molecule has 162 valence electrons. The third-order valence-electron chi connectivity index (χ3n) is 4.94. The molecule has 3 aromatic rings. The number of fused-ring (bicyclic) bond motifs is 1. The molecule has 2 heterocycles. The summed E-state index contributed by atoms with van der Waals surface area (Å²) in [7, 11) is 0. The quantitative estimate of drug-likeness (QED) is 0.182.